The standard InChI is InChI=1S/C14H26N2O4/c1-5-11(2)15(9-10-20-4)13(19)16-8-6-7-14(16,3)12(17)18/h11H,5-10H2,1-4H3,(H,17,18). The number of ether oxygens (including phenoxy) is 1. The summed E-state index contributed by atoms with van der Waals surface area (Å²) in [6, 6.07) is -0.130. The second kappa shape index (κ2) is 6.92. The van der Waals surface area contributed by atoms with Gasteiger partial charge in [-0.25, -0.2) is 9.59 Å². The molecule has 1 aliphatic heterocycles. The molecule has 1 saturated heterocycles. The van der Waals surface area contributed by atoms with Gasteiger partial charge in [0.05, 0.1) is 6.61 Å². The van der Waals surface area contributed by atoms with Crippen LogP contribution in [0.1, 0.15) is 40.0 Å². The molecular formula is C14H26N2O4. The minimum atomic E-state index is -1.09. The van der Waals surface area contributed by atoms with Crippen molar-refractivity contribution in [2.45, 2.75) is 51.6 Å². The van der Waals surface area contributed by atoms with Crippen molar-refractivity contribution in [1.82, 2.24) is 9.80 Å². The highest BCUT2D eigenvalue weighted by Gasteiger charge is 2.47. The summed E-state index contributed by atoms with van der Waals surface area (Å²) in [7, 11) is 1.59. The summed E-state index contributed by atoms with van der Waals surface area (Å²) in [5.41, 5.74) is -1.09. The first kappa shape index (κ1) is 16.8. The van der Waals surface area contributed by atoms with Crippen LogP contribution in [0.5, 0.6) is 0 Å². The van der Waals surface area contributed by atoms with Crippen LogP contribution in [0.3, 0.4) is 0 Å². The van der Waals surface area contributed by atoms with Crippen molar-refractivity contribution in [2.24, 2.45) is 0 Å². The average Bonchev–Trinajstić information content (AvgIpc) is 2.82. The Bertz CT molecular complexity index is 361. The number of amides is 2. The van der Waals surface area contributed by atoms with E-state index in [4.69, 9.17) is 4.74 Å². The molecule has 0 aromatic heterocycles. The lowest BCUT2D eigenvalue weighted by Crippen LogP contribution is -2.57. The Morgan fingerprint density at radius 2 is 2.15 bits per heavy atom. The van der Waals surface area contributed by atoms with E-state index in [1.165, 1.54) is 4.90 Å². The largest absolute Gasteiger partial charge is 0.480 e. The first-order valence-electron chi connectivity index (χ1n) is 7.19. The molecule has 2 unspecified atom stereocenters. The fraction of sp³-hybridized carbons (Fsp3) is 0.857. The molecule has 0 aromatic carbocycles. The summed E-state index contributed by atoms with van der Waals surface area (Å²) in [5.74, 6) is -0.931. The molecule has 1 aliphatic rings. The summed E-state index contributed by atoms with van der Waals surface area (Å²) in [4.78, 5) is 27.4. The second-order valence-corrected chi connectivity index (χ2v) is 5.56. The zero-order chi connectivity index (χ0) is 15.3. The third-order valence-corrected chi connectivity index (χ3v) is 4.24. The molecule has 1 rings (SSSR count). The highest BCUT2D eigenvalue weighted by molar-refractivity contribution is 5.86. The van der Waals surface area contributed by atoms with Gasteiger partial charge in [0.15, 0.2) is 0 Å². The van der Waals surface area contributed by atoms with E-state index in [0.29, 0.717) is 26.1 Å². The molecule has 0 saturated carbocycles. The molecule has 20 heavy (non-hydrogen) atoms. The summed E-state index contributed by atoms with van der Waals surface area (Å²) in [5, 5.41) is 9.41. The van der Waals surface area contributed by atoms with Crippen LogP contribution in [0.4, 0.5) is 4.79 Å². The van der Waals surface area contributed by atoms with Gasteiger partial charge in [-0.2, -0.15) is 0 Å². The molecule has 0 spiro atoms. The van der Waals surface area contributed by atoms with Gasteiger partial charge in [0.1, 0.15) is 5.54 Å². The molecule has 2 amide bonds. The van der Waals surface area contributed by atoms with E-state index in [1.54, 1.807) is 18.9 Å². The van der Waals surface area contributed by atoms with Crippen LogP contribution in [-0.4, -0.2) is 65.3 Å². The van der Waals surface area contributed by atoms with Gasteiger partial charge in [0.25, 0.3) is 0 Å². The van der Waals surface area contributed by atoms with Crippen molar-refractivity contribution in [3.63, 3.8) is 0 Å². The van der Waals surface area contributed by atoms with E-state index < -0.39 is 11.5 Å². The fourth-order valence-corrected chi connectivity index (χ4v) is 2.56. The molecule has 0 aromatic rings. The average molecular weight is 286 g/mol. The third-order valence-electron chi connectivity index (χ3n) is 4.24. The van der Waals surface area contributed by atoms with Crippen molar-refractivity contribution < 1.29 is 19.4 Å². The molecule has 6 heteroatoms. The van der Waals surface area contributed by atoms with Gasteiger partial charge in [-0.3, -0.25) is 0 Å². The summed E-state index contributed by atoms with van der Waals surface area (Å²) in [6.07, 6.45) is 2.06. The number of likely N-dealkylation sites (tertiary alicyclic amines) is 1. The molecule has 1 fully saturated rings. The Kier molecular flexibility index (Phi) is 5.80. The number of nitrogens with zero attached hydrogens (tertiary/aromatic N) is 2. The lowest BCUT2D eigenvalue weighted by atomic mass is 9.99. The van der Waals surface area contributed by atoms with Crippen molar-refractivity contribution in [2.75, 3.05) is 26.8 Å². The SMILES string of the molecule is CCC(C)N(CCOC)C(=O)N1CCCC1(C)C(=O)O. The van der Waals surface area contributed by atoms with Crippen LogP contribution >= 0.6 is 0 Å². The topological polar surface area (TPSA) is 70.1 Å². The maximum absolute atomic E-state index is 12.7. The Labute approximate surface area is 120 Å². The molecule has 0 aliphatic carbocycles. The smallest absolute Gasteiger partial charge is 0.329 e. The lowest BCUT2D eigenvalue weighted by Gasteiger charge is -2.38. The van der Waals surface area contributed by atoms with Crippen LogP contribution in [0.25, 0.3) is 0 Å². The zero-order valence-electron chi connectivity index (χ0n) is 12.9. The van der Waals surface area contributed by atoms with Gasteiger partial charge in [0, 0.05) is 26.2 Å². The maximum Gasteiger partial charge on any atom is 0.329 e. The van der Waals surface area contributed by atoms with Crippen LogP contribution in [-0.2, 0) is 9.53 Å². The monoisotopic (exact) mass is 286 g/mol. The highest BCUT2D eigenvalue weighted by atomic mass is 16.5. The molecule has 116 valence electrons. The number of aliphatic carboxylic acids is 1. The Morgan fingerprint density at radius 1 is 1.50 bits per heavy atom. The van der Waals surface area contributed by atoms with Gasteiger partial charge < -0.3 is 19.6 Å². The van der Waals surface area contributed by atoms with Crippen molar-refractivity contribution in [3.05, 3.63) is 0 Å². The van der Waals surface area contributed by atoms with Gasteiger partial charge >= 0.3 is 12.0 Å². The van der Waals surface area contributed by atoms with E-state index in [2.05, 4.69) is 0 Å². The lowest BCUT2D eigenvalue weighted by molar-refractivity contribution is -0.147. The molecule has 1 heterocycles. The van der Waals surface area contributed by atoms with Crippen LogP contribution in [0.15, 0.2) is 0 Å². The fourth-order valence-electron chi connectivity index (χ4n) is 2.56. The van der Waals surface area contributed by atoms with Gasteiger partial charge in [0.2, 0.25) is 0 Å². The van der Waals surface area contributed by atoms with E-state index >= 15 is 0 Å². The highest BCUT2D eigenvalue weighted by Crippen LogP contribution is 2.30. The molecule has 0 radical (unpaired) electrons. The number of carboxylic acid groups (broad SMARTS) is 1. The van der Waals surface area contributed by atoms with E-state index in [9.17, 15) is 14.7 Å². The molecule has 6 nitrogen and oxygen atoms in total. The van der Waals surface area contributed by atoms with Crippen LogP contribution < -0.4 is 0 Å². The minimum absolute atomic E-state index is 0.0660. The minimum Gasteiger partial charge on any atom is -0.480 e. The van der Waals surface area contributed by atoms with Crippen molar-refractivity contribution >= 4 is 12.0 Å². The number of carbonyl (C=O) groups excluding carboxylic acids is 1. The van der Waals surface area contributed by atoms with Crippen LogP contribution in [0, 0.1) is 0 Å². The number of rotatable bonds is 6. The van der Waals surface area contributed by atoms with E-state index in [1.807, 2.05) is 13.8 Å². The van der Waals surface area contributed by atoms with Crippen LogP contribution in [0.2, 0.25) is 0 Å². The molecule has 0 bridgehead atoms. The van der Waals surface area contributed by atoms with E-state index in [0.717, 1.165) is 12.8 Å². The zero-order valence-corrected chi connectivity index (χ0v) is 12.9. The normalized spacial score (nSPS) is 23.7. The quantitative estimate of drug-likeness (QED) is 0.808. The second-order valence-electron chi connectivity index (χ2n) is 5.56. The first-order chi connectivity index (χ1) is 9.38. The van der Waals surface area contributed by atoms with Crippen molar-refractivity contribution in [1.29, 1.82) is 0 Å². The Morgan fingerprint density at radius 3 is 2.65 bits per heavy atom. The number of methoxy groups -OCH3 is 1. The van der Waals surface area contributed by atoms with Gasteiger partial charge in [-0.15, -0.1) is 0 Å². The maximum atomic E-state index is 12.7. The molecule has 2 atom stereocenters. The third kappa shape index (κ3) is 3.23. The summed E-state index contributed by atoms with van der Waals surface area (Å²) in [6.45, 7) is 7.05. The number of hydrogen-bond acceptors (Lipinski definition) is 3. The first-order valence-corrected chi connectivity index (χ1v) is 7.19. The predicted octanol–water partition coefficient (Wildman–Crippen LogP) is 1.79. The number of hydrogen-bond donors (Lipinski definition) is 1. The molecular weight excluding hydrogens is 260 g/mol. The molecule has 1 N–H and O–H groups in total. The summed E-state index contributed by atoms with van der Waals surface area (Å²) >= 11 is 0. The number of carbonyl (C=O) groups is 2. The Balaban J connectivity index is 2.90. The van der Waals surface area contributed by atoms with Gasteiger partial charge in [-0.1, -0.05) is 6.92 Å². The number of carboxylic acids is 1. The summed E-state index contributed by atoms with van der Waals surface area (Å²) < 4.78 is 5.05. The van der Waals surface area contributed by atoms with E-state index in [-0.39, 0.29) is 12.1 Å². The van der Waals surface area contributed by atoms with Crippen molar-refractivity contribution in [3.8, 4) is 0 Å². The Hall–Kier alpha value is -1.30. The predicted molar refractivity (Wildman–Crippen MR) is 75.7 cm³/mol. The number of urea groups is 1. The van der Waals surface area contributed by atoms with Gasteiger partial charge in [-0.05, 0) is 33.1 Å².